The van der Waals surface area contributed by atoms with Crippen molar-refractivity contribution < 1.29 is 9.53 Å². The molecular formula is C16H17BrO2. The predicted molar refractivity (Wildman–Crippen MR) is 82.4 cm³/mol. The molecule has 1 aromatic carbocycles. The van der Waals surface area contributed by atoms with Crippen molar-refractivity contribution in [2.45, 2.75) is 13.8 Å². The zero-order chi connectivity index (χ0) is 14.3. The Labute approximate surface area is 122 Å². The highest BCUT2D eigenvalue weighted by molar-refractivity contribution is 9.10. The Hall–Kier alpha value is -1.61. The molecule has 0 aliphatic carbocycles. The summed E-state index contributed by atoms with van der Waals surface area (Å²) in [6.07, 6.45) is 8.19. The van der Waals surface area contributed by atoms with E-state index in [4.69, 9.17) is 4.74 Å². The molecule has 2 nitrogen and oxygen atoms in total. The lowest BCUT2D eigenvalue weighted by atomic mass is 10.2. The number of allylic oxidation sites excluding steroid dienone is 4. The van der Waals surface area contributed by atoms with E-state index < -0.39 is 0 Å². The number of benzene rings is 1. The molecule has 0 aliphatic heterocycles. The second-order valence-corrected chi connectivity index (χ2v) is 5.17. The van der Waals surface area contributed by atoms with Crippen molar-refractivity contribution in [3.8, 4) is 5.75 Å². The second kappa shape index (κ2) is 7.74. The maximum absolute atomic E-state index is 10.7. The van der Waals surface area contributed by atoms with Gasteiger partial charge in [-0.05, 0) is 52.2 Å². The Balaban J connectivity index is 2.96. The largest absolute Gasteiger partial charge is 0.458 e. The number of halogens is 1. The normalized spacial score (nSPS) is 11.9. The van der Waals surface area contributed by atoms with E-state index in [-0.39, 0.29) is 0 Å². The number of hydrogen-bond donors (Lipinski definition) is 0. The molecule has 0 radical (unpaired) electrons. The first-order valence-electron chi connectivity index (χ1n) is 6.00. The van der Waals surface area contributed by atoms with Gasteiger partial charge in [0.25, 0.3) is 0 Å². The van der Waals surface area contributed by atoms with Crippen molar-refractivity contribution in [3.63, 3.8) is 0 Å². The van der Waals surface area contributed by atoms with Gasteiger partial charge in [-0.15, -0.1) is 0 Å². The molecule has 0 heterocycles. The highest BCUT2D eigenvalue weighted by atomic mass is 79.9. The molecule has 0 N–H and O–H groups in total. The summed E-state index contributed by atoms with van der Waals surface area (Å²) < 4.78 is 6.51. The van der Waals surface area contributed by atoms with Gasteiger partial charge in [0.2, 0.25) is 0 Å². The highest BCUT2D eigenvalue weighted by Crippen LogP contribution is 2.24. The van der Waals surface area contributed by atoms with Gasteiger partial charge in [0.15, 0.2) is 6.29 Å². The van der Waals surface area contributed by atoms with E-state index in [1.54, 1.807) is 24.3 Å². The van der Waals surface area contributed by atoms with Gasteiger partial charge in [-0.1, -0.05) is 32.6 Å². The van der Waals surface area contributed by atoms with Crippen LogP contribution in [0.25, 0.3) is 0 Å². The van der Waals surface area contributed by atoms with Crippen molar-refractivity contribution in [1.82, 2.24) is 0 Å². The monoisotopic (exact) mass is 320 g/mol. The minimum atomic E-state index is 0.377. The summed E-state index contributed by atoms with van der Waals surface area (Å²) in [7, 11) is 0. The maximum atomic E-state index is 10.7. The second-order valence-electron chi connectivity index (χ2n) is 4.31. The van der Waals surface area contributed by atoms with Crippen LogP contribution in [0.5, 0.6) is 5.75 Å². The van der Waals surface area contributed by atoms with Crippen LogP contribution in [0.15, 0.2) is 59.3 Å². The van der Waals surface area contributed by atoms with E-state index >= 15 is 0 Å². The lowest BCUT2D eigenvalue weighted by Crippen LogP contribution is -1.96. The van der Waals surface area contributed by atoms with Crippen LogP contribution in [-0.4, -0.2) is 6.29 Å². The number of carbonyl (C=O) groups excluding carboxylic acids is 1. The smallest absolute Gasteiger partial charge is 0.151 e. The minimum Gasteiger partial charge on any atom is -0.458 e. The van der Waals surface area contributed by atoms with Gasteiger partial charge in [0, 0.05) is 10.0 Å². The van der Waals surface area contributed by atoms with Crippen LogP contribution in [-0.2, 0) is 0 Å². The third kappa shape index (κ3) is 5.26. The summed E-state index contributed by atoms with van der Waals surface area (Å²) in [5, 5.41) is 0. The van der Waals surface area contributed by atoms with Gasteiger partial charge in [-0.3, -0.25) is 4.79 Å². The summed E-state index contributed by atoms with van der Waals surface area (Å²) in [5.41, 5.74) is 0.600. The van der Waals surface area contributed by atoms with Gasteiger partial charge < -0.3 is 4.74 Å². The third-order valence-electron chi connectivity index (χ3n) is 2.23. The van der Waals surface area contributed by atoms with Gasteiger partial charge in [-0.2, -0.15) is 0 Å². The molecule has 0 amide bonds. The molecule has 1 rings (SSSR count). The number of hydrogen-bond acceptors (Lipinski definition) is 2. The standard InChI is InChI=1S/C16H17BrO2/c1-4-5-6-14(9-12(2)3)19-15-8-7-13(11-18)16(17)10-15/h4-12H,1H2,2-3H3/b6-5-,14-9+. The number of ether oxygens (including phenoxy) is 1. The molecule has 0 saturated carbocycles. The van der Waals surface area contributed by atoms with Crippen molar-refractivity contribution in [2.24, 2.45) is 5.92 Å². The topological polar surface area (TPSA) is 26.3 Å². The van der Waals surface area contributed by atoms with E-state index in [9.17, 15) is 4.79 Å². The first-order valence-corrected chi connectivity index (χ1v) is 6.79. The van der Waals surface area contributed by atoms with E-state index in [2.05, 4.69) is 36.4 Å². The van der Waals surface area contributed by atoms with Crippen molar-refractivity contribution >= 4 is 22.2 Å². The molecule has 3 heteroatoms. The van der Waals surface area contributed by atoms with Gasteiger partial charge in [-0.25, -0.2) is 0 Å². The van der Waals surface area contributed by atoms with E-state index in [1.807, 2.05) is 18.2 Å². The molecule has 0 fully saturated rings. The van der Waals surface area contributed by atoms with Crippen LogP contribution in [0, 0.1) is 5.92 Å². The molecule has 0 atom stereocenters. The Bertz CT molecular complexity index is 513. The Morgan fingerprint density at radius 2 is 2.16 bits per heavy atom. The third-order valence-corrected chi connectivity index (χ3v) is 2.92. The minimum absolute atomic E-state index is 0.377. The molecule has 0 spiro atoms. The summed E-state index contributed by atoms with van der Waals surface area (Å²) in [6.45, 7) is 7.80. The maximum Gasteiger partial charge on any atom is 0.151 e. The Morgan fingerprint density at radius 1 is 1.42 bits per heavy atom. The molecule has 0 aliphatic rings. The molecular weight excluding hydrogens is 304 g/mol. The van der Waals surface area contributed by atoms with E-state index in [0.717, 1.165) is 16.5 Å². The van der Waals surface area contributed by atoms with E-state index in [0.29, 0.717) is 17.2 Å². The quantitative estimate of drug-likeness (QED) is 0.422. The van der Waals surface area contributed by atoms with Crippen molar-refractivity contribution in [1.29, 1.82) is 0 Å². The molecule has 0 saturated heterocycles. The summed E-state index contributed by atoms with van der Waals surface area (Å²) in [4.78, 5) is 10.7. The average molecular weight is 321 g/mol. The molecule has 0 bridgehead atoms. The summed E-state index contributed by atoms with van der Waals surface area (Å²) >= 11 is 3.34. The van der Waals surface area contributed by atoms with Crippen LogP contribution in [0.4, 0.5) is 0 Å². The Morgan fingerprint density at radius 3 is 2.68 bits per heavy atom. The van der Waals surface area contributed by atoms with Gasteiger partial charge in [0.05, 0.1) is 0 Å². The van der Waals surface area contributed by atoms with Crippen molar-refractivity contribution in [3.05, 3.63) is 64.9 Å². The molecule has 1 aromatic rings. The molecule has 0 unspecified atom stereocenters. The van der Waals surface area contributed by atoms with Crippen LogP contribution < -0.4 is 4.74 Å². The average Bonchev–Trinajstić information content (AvgIpc) is 2.35. The molecule has 100 valence electrons. The SMILES string of the molecule is C=C/C=C\C(=C/C(C)C)Oc1ccc(C=O)c(Br)c1. The summed E-state index contributed by atoms with van der Waals surface area (Å²) in [5.74, 6) is 1.81. The Kier molecular flexibility index (Phi) is 6.30. The van der Waals surface area contributed by atoms with Crippen LogP contribution in [0.2, 0.25) is 0 Å². The summed E-state index contributed by atoms with van der Waals surface area (Å²) in [6, 6.07) is 5.26. The van der Waals surface area contributed by atoms with Crippen LogP contribution in [0.3, 0.4) is 0 Å². The predicted octanol–water partition coefficient (Wildman–Crippen LogP) is 4.92. The van der Waals surface area contributed by atoms with Crippen LogP contribution >= 0.6 is 15.9 Å². The number of aldehydes is 1. The fourth-order valence-corrected chi connectivity index (χ4v) is 1.87. The molecule has 0 aromatic heterocycles. The fourth-order valence-electron chi connectivity index (χ4n) is 1.42. The number of rotatable bonds is 6. The zero-order valence-electron chi connectivity index (χ0n) is 11.1. The van der Waals surface area contributed by atoms with Gasteiger partial charge >= 0.3 is 0 Å². The lowest BCUT2D eigenvalue weighted by molar-refractivity contribution is 0.112. The molecule has 19 heavy (non-hydrogen) atoms. The lowest BCUT2D eigenvalue weighted by Gasteiger charge is -2.09. The first kappa shape index (κ1) is 15.4. The first-order chi connectivity index (χ1) is 9.06. The van der Waals surface area contributed by atoms with E-state index in [1.165, 1.54) is 0 Å². The van der Waals surface area contributed by atoms with Crippen molar-refractivity contribution in [2.75, 3.05) is 0 Å². The fraction of sp³-hybridized carbons (Fsp3) is 0.188. The highest BCUT2D eigenvalue weighted by Gasteiger charge is 2.03. The van der Waals surface area contributed by atoms with Gasteiger partial charge in [0.1, 0.15) is 11.5 Å². The van der Waals surface area contributed by atoms with Crippen LogP contribution in [0.1, 0.15) is 24.2 Å². The number of carbonyl (C=O) groups is 1. The zero-order valence-corrected chi connectivity index (χ0v) is 12.7.